The van der Waals surface area contributed by atoms with Gasteiger partial charge in [0.25, 0.3) is 5.91 Å². The fourth-order valence-electron chi connectivity index (χ4n) is 6.99. The Balaban J connectivity index is 0.919. The Hall–Kier alpha value is -5.98. The van der Waals surface area contributed by atoms with E-state index in [0.717, 1.165) is 72.2 Å². The van der Waals surface area contributed by atoms with Crippen molar-refractivity contribution in [3.8, 4) is 46.0 Å². The van der Waals surface area contributed by atoms with Gasteiger partial charge in [-0.2, -0.15) is 0 Å². The van der Waals surface area contributed by atoms with E-state index in [4.69, 9.17) is 42.7 Å². The first kappa shape index (κ1) is 40.7. The van der Waals surface area contributed by atoms with Crippen molar-refractivity contribution in [3.63, 3.8) is 0 Å². The second kappa shape index (κ2) is 19.2. The van der Waals surface area contributed by atoms with Gasteiger partial charge in [0, 0.05) is 23.2 Å². The topological polar surface area (TPSA) is 137 Å². The van der Waals surface area contributed by atoms with Crippen molar-refractivity contribution in [1.82, 2.24) is 5.32 Å². The summed E-state index contributed by atoms with van der Waals surface area (Å²) in [6.45, 7) is 3.09. The van der Waals surface area contributed by atoms with Gasteiger partial charge < -0.3 is 53.4 Å². The summed E-state index contributed by atoms with van der Waals surface area (Å²) in [6, 6.07) is 19.1. The molecule has 0 aliphatic carbocycles. The van der Waals surface area contributed by atoms with Crippen LogP contribution in [0, 0.1) is 6.92 Å². The highest BCUT2D eigenvalue weighted by molar-refractivity contribution is 6.03. The van der Waals surface area contributed by atoms with Crippen LogP contribution in [0.25, 0.3) is 0 Å². The number of hydrogen-bond donors (Lipinski definition) is 2. The molecular formula is C44H53N3O10. The molecule has 57 heavy (non-hydrogen) atoms. The van der Waals surface area contributed by atoms with Crippen molar-refractivity contribution in [1.29, 1.82) is 0 Å². The SMILES string of the molecule is COc1cc(C2NC(=O)c3cc(C)ccc3N2)ccc1OCCCCCCCCOc1c(OC)cc(C2=NOC(c3cc(OC)c(OC)c(OC)c3)C2)cc1OC. The number of amides is 1. The molecule has 13 heteroatoms. The summed E-state index contributed by atoms with van der Waals surface area (Å²) in [5.74, 6) is 4.51. The predicted molar refractivity (Wildman–Crippen MR) is 217 cm³/mol. The third-order valence-electron chi connectivity index (χ3n) is 10.1. The number of aryl methyl sites for hydroxylation is 1. The molecule has 0 fully saturated rings. The second-order valence-corrected chi connectivity index (χ2v) is 13.8. The third-order valence-corrected chi connectivity index (χ3v) is 10.1. The number of ether oxygens (including phenoxy) is 8. The molecule has 2 N–H and O–H groups in total. The second-order valence-electron chi connectivity index (χ2n) is 13.8. The summed E-state index contributed by atoms with van der Waals surface area (Å²) in [7, 11) is 9.59. The molecule has 0 saturated carbocycles. The lowest BCUT2D eigenvalue weighted by atomic mass is 9.99. The van der Waals surface area contributed by atoms with Crippen LogP contribution in [0.5, 0.6) is 46.0 Å². The molecule has 2 aliphatic heterocycles. The molecule has 0 aromatic heterocycles. The van der Waals surface area contributed by atoms with Gasteiger partial charge in [0.05, 0.1) is 67.1 Å². The highest BCUT2D eigenvalue weighted by Gasteiger charge is 2.29. The zero-order chi connectivity index (χ0) is 40.3. The zero-order valence-electron chi connectivity index (χ0n) is 33.8. The summed E-state index contributed by atoms with van der Waals surface area (Å²) in [6.07, 6.45) is 5.91. The van der Waals surface area contributed by atoms with Gasteiger partial charge in [0.1, 0.15) is 6.17 Å². The standard InChI is InChI=1S/C44H53N3O10/c1-27-14-16-32-31(20-27)44(48)46-43(45-32)28-15-17-34(36(21-28)49-2)55-18-12-10-8-9-11-13-19-56-42-39(52-5)22-29(23-40(42)53-6)33-26-35(57-47-33)30-24-37(50-3)41(54-7)38(25-30)51-4/h14-17,20-25,35,43,45H,8-13,18-19,26H2,1-7H3,(H,46,48). The normalized spacial score (nSPS) is 15.6. The summed E-state index contributed by atoms with van der Waals surface area (Å²) in [5.41, 5.74) is 5.80. The predicted octanol–water partition coefficient (Wildman–Crippen LogP) is 8.56. The van der Waals surface area contributed by atoms with Crippen LogP contribution in [-0.2, 0) is 4.84 Å². The van der Waals surface area contributed by atoms with Gasteiger partial charge in [-0.25, -0.2) is 0 Å². The molecule has 4 aromatic carbocycles. The molecule has 304 valence electrons. The molecule has 2 aliphatic rings. The highest BCUT2D eigenvalue weighted by atomic mass is 16.6. The van der Waals surface area contributed by atoms with Crippen LogP contribution in [0.1, 0.15) is 89.8 Å². The van der Waals surface area contributed by atoms with Crippen molar-refractivity contribution in [2.24, 2.45) is 5.16 Å². The average Bonchev–Trinajstić information content (AvgIpc) is 3.74. The van der Waals surface area contributed by atoms with Crippen LogP contribution in [-0.4, -0.2) is 67.5 Å². The van der Waals surface area contributed by atoms with Gasteiger partial charge >= 0.3 is 0 Å². The number of carbonyl (C=O) groups is 1. The molecule has 13 nitrogen and oxygen atoms in total. The first-order valence-electron chi connectivity index (χ1n) is 19.2. The minimum atomic E-state index is -0.365. The Morgan fingerprint density at radius 2 is 1.21 bits per heavy atom. The van der Waals surface area contributed by atoms with E-state index < -0.39 is 0 Å². The molecule has 4 aromatic rings. The van der Waals surface area contributed by atoms with E-state index in [2.05, 4.69) is 15.8 Å². The van der Waals surface area contributed by atoms with Crippen molar-refractivity contribution >= 4 is 17.3 Å². The maximum absolute atomic E-state index is 12.7. The molecule has 0 spiro atoms. The van der Waals surface area contributed by atoms with Crippen molar-refractivity contribution in [2.45, 2.75) is 64.1 Å². The number of fused-ring (bicyclic) bond motifs is 1. The van der Waals surface area contributed by atoms with Crippen molar-refractivity contribution in [3.05, 3.63) is 88.5 Å². The summed E-state index contributed by atoms with van der Waals surface area (Å²) < 4.78 is 45.9. The fraction of sp³-hybridized carbons (Fsp3) is 0.409. The van der Waals surface area contributed by atoms with E-state index in [1.54, 1.807) is 42.7 Å². The van der Waals surface area contributed by atoms with Crippen LogP contribution in [0.3, 0.4) is 0 Å². The van der Waals surface area contributed by atoms with E-state index >= 15 is 0 Å². The number of oxime groups is 1. The Labute approximate surface area is 334 Å². The number of nitrogens with zero attached hydrogens (tertiary/aromatic N) is 1. The molecule has 2 atom stereocenters. The van der Waals surface area contributed by atoms with Crippen LogP contribution >= 0.6 is 0 Å². The quantitative estimate of drug-likeness (QED) is 0.0835. The molecule has 2 unspecified atom stereocenters. The minimum Gasteiger partial charge on any atom is -0.493 e. The number of benzene rings is 4. The maximum atomic E-state index is 12.7. The number of nitrogens with one attached hydrogen (secondary N) is 2. The smallest absolute Gasteiger partial charge is 0.255 e. The molecular weight excluding hydrogens is 730 g/mol. The van der Waals surface area contributed by atoms with E-state index in [-0.39, 0.29) is 18.2 Å². The van der Waals surface area contributed by atoms with Crippen LogP contribution in [0.2, 0.25) is 0 Å². The Morgan fingerprint density at radius 3 is 1.84 bits per heavy atom. The van der Waals surface area contributed by atoms with Gasteiger partial charge in [0.15, 0.2) is 40.6 Å². The third kappa shape index (κ3) is 9.53. The van der Waals surface area contributed by atoms with Crippen molar-refractivity contribution < 1.29 is 47.5 Å². The summed E-state index contributed by atoms with van der Waals surface area (Å²) in [5, 5.41) is 10.8. The van der Waals surface area contributed by atoms with E-state index in [1.165, 1.54) is 0 Å². The average molecular weight is 784 g/mol. The van der Waals surface area contributed by atoms with Gasteiger partial charge in [-0.3, -0.25) is 4.79 Å². The van der Waals surface area contributed by atoms with Gasteiger partial charge in [-0.15, -0.1) is 0 Å². The number of carbonyl (C=O) groups excluding carboxylic acids is 1. The highest BCUT2D eigenvalue weighted by Crippen LogP contribution is 2.44. The lowest BCUT2D eigenvalue weighted by molar-refractivity contribution is 0.0853. The van der Waals surface area contributed by atoms with Gasteiger partial charge in [0.2, 0.25) is 11.5 Å². The maximum Gasteiger partial charge on any atom is 0.255 e. The Morgan fingerprint density at radius 1 is 0.614 bits per heavy atom. The molecule has 0 saturated heterocycles. The fourth-order valence-corrected chi connectivity index (χ4v) is 6.99. The zero-order valence-corrected chi connectivity index (χ0v) is 33.8. The molecule has 1 amide bonds. The summed E-state index contributed by atoms with van der Waals surface area (Å²) in [4.78, 5) is 18.6. The van der Waals surface area contributed by atoms with E-state index in [0.29, 0.717) is 71.2 Å². The number of rotatable bonds is 20. The monoisotopic (exact) mass is 783 g/mol. The lowest BCUT2D eigenvalue weighted by Gasteiger charge is -2.28. The minimum absolute atomic E-state index is 0.105. The Bertz CT molecular complexity index is 2000. The lowest BCUT2D eigenvalue weighted by Crippen LogP contribution is -2.38. The van der Waals surface area contributed by atoms with E-state index in [1.807, 2.05) is 67.6 Å². The van der Waals surface area contributed by atoms with E-state index in [9.17, 15) is 4.79 Å². The molecule has 0 bridgehead atoms. The first-order chi connectivity index (χ1) is 27.8. The Kier molecular flexibility index (Phi) is 13.7. The largest absolute Gasteiger partial charge is 0.493 e. The van der Waals surface area contributed by atoms with Crippen molar-refractivity contribution in [2.75, 3.05) is 61.2 Å². The number of anilines is 1. The van der Waals surface area contributed by atoms with Crippen LogP contribution in [0.15, 0.2) is 65.8 Å². The molecule has 6 rings (SSSR count). The van der Waals surface area contributed by atoms with Gasteiger partial charge in [-0.1, -0.05) is 48.5 Å². The molecule has 2 heterocycles. The molecule has 0 radical (unpaired) electrons. The van der Waals surface area contributed by atoms with Crippen LogP contribution < -0.4 is 48.5 Å². The first-order valence-corrected chi connectivity index (χ1v) is 19.2. The number of methoxy groups -OCH3 is 6. The number of unbranched alkanes of at least 4 members (excludes halogenated alkanes) is 5. The number of hydrogen-bond acceptors (Lipinski definition) is 12. The van der Waals surface area contributed by atoms with Crippen LogP contribution in [0.4, 0.5) is 5.69 Å². The summed E-state index contributed by atoms with van der Waals surface area (Å²) >= 11 is 0. The van der Waals surface area contributed by atoms with Gasteiger partial charge in [-0.05, 0) is 73.9 Å².